The summed E-state index contributed by atoms with van der Waals surface area (Å²) < 4.78 is 40.2. The Morgan fingerprint density at radius 3 is 2.65 bits per heavy atom. The van der Waals surface area contributed by atoms with E-state index in [1.807, 2.05) is 6.92 Å². The van der Waals surface area contributed by atoms with Crippen molar-refractivity contribution in [2.75, 3.05) is 13.6 Å². The molecule has 0 aromatic heterocycles. The van der Waals surface area contributed by atoms with Crippen LogP contribution < -0.4 is 5.32 Å². The number of hydrogen-bond acceptors (Lipinski definition) is 3. The summed E-state index contributed by atoms with van der Waals surface area (Å²) in [7, 11) is -2.21. The Hall–Kier alpha value is -0.980. The lowest BCUT2D eigenvalue weighted by Gasteiger charge is -2.33. The fourth-order valence-electron chi connectivity index (χ4n) is 2.23. The predicted octanol–water partition coefficient (Wildman–Crippen LogP) is 2.11. The van der Waals surface area contributed by atoms with E-state index in [2.05, 4.69) is 5.32 Å². The summed E-state index contributed by atoms with van der Waals surface area (Å²) in [4.78, 5) is -0.220. The Bertz CT molecular complexity index is 571. The number of sulfonamides is 1. The van der Waals surface area contributed by atoms with Crippen LogP contribution >= 0.6 is 0 Å². The summed E-state index contributed by atoms with van der Waals surface area (Å²) in [6.45, 7) is 3.28. The van der Waals surface area contributed by atoms with Gasteiger partial charge in [0.2, 0.25) is 10.0 Å². The monoisotopic (exact) mass is 300 g/mol. The van der Waals surface area contributed by atoms with Gasteiger partial charge in [0, 0.05) is 19.6 Å². The molecule has 0 saturated heterocycles. The van der Waals surface area contributed by atoms with Crippen LogP contribution in [-0.4, -0.2) is 32.4 Å². The quantitative estimate of drug-likeness (QED) is 0.875. The van der Waals surface area contributed by atoms with E-state index in [1.165, 1.54) is 23.5 Å². The minimum absolute atomic E-state index is 0.0109. The van der Waals surface area contributed by atoms with Crippen molar-refractivity contribution in [2.24, 2.45) is 0 Å². The van der Waals surface area contributed by atoms with Crippen molar-refractivity contribution in [3.8, 4) is 0 Å². The zero-order valence-corrected chi connectivity index (χ0v) is 12.7. The maximum atomic E-state index is 13.9. The average Bonchev–Trinajstić information content (AvgIpc) is 2.35. The minimum atomic E-state index is -3.75. The van der Waals surface area contributed by atoms with Gasteiger partial charge in [-0.1, -0.05) is 19.4 Å². The molecule has 112 valence electrons. The first-order valence-electron chi connectivity index (χ1n) is 6.94. The normalized spacial score (nSPS) is 16.4. The molecule has 1 fully saturated rings. The van der Waals surface area contributed by atoms with Gasteiger partial charge in [-0.2, -0.15) is 4.31 Å². The first-order valence-corrected chi connectivity index (χ1v) is 8.38. The zero-order valence-electron chi connectivity index (χ0n) is 11.9. The molecule has 1 aromatic rings. The largest absolute Gasteiger partial charge is 0.313 e. The Kier molecular flexibility index (Phi) is 4.78. The Morgan fingerprint density at radius 1 is 1.40 bits per heavy atom. The van der Waals surface area contributed by atoms with Crippen molar-refractivity contribution in [2.45, 2.75) is 43.7 Å². The van der Waals surface area contributed by atoms with Crippen molar-refractivity contribution >= 4 is 10.0 Å². The predicted molar refractivity (Wildman–Crippen MR) is 76.4 cm³/mol. The standard InChI is InChI=1S/C14H21FN2O2S/c1-3-16-10-11-7-8-13(15)14(9-11)20(18,19)17(2)12-5-4-6-12/h7-9,12,16H,3-6,10H2,1-2H3. The first-order chi connectivity index (χ1) is 9.46. The van der Waals surface area contributed by atoms with Crippen molar-refractivity contribution in [3.05, 3.63) is 29.6 Å². The van der Waals surface area contributed by atoms with Crippen LogP contribution in [0.15, 0.2) is 23.1 Å². The maximum Gasteiger partial charge on any atom is 0.245 e. The highest BCUT2D eigenvalue weighted by Gasteiger charge is 2.33. The minimum Gasteiger partial charge on any atom is -0.313 e. The molecule has 1 aliphatic rings. The Balaban J connectivity index is 2.29. The molecule has 0 heterocycles. The van der Waals surface area contributed by atoms with E-state index in [4.69, 9.17) is 0 Å². The highest BCUT2D eigenvalue weighted by Crippen LogP contribution is 2.29. The van der Waals surface area contributed by atoms with Crippen molar-refractivity contribution < 1.29 is 12.8 Å². The number of rotatable bonds is 6. The lowest BCUT2D eigenvalue weighted by molar-refractivity contribution is 0.249. The number of nitrogens with zero attached hydrogens (tertiary/aromatic N) is 1. The highest BCUT2D eigenvalue weighted by atomic mass is 32.2. The van der Waals surface area contributed by atoms with Crippen LogP contribution in [0.2, 0.25) is 0 Å². The van der Waals surface area contributed by atoms with Gasteiger partial charge in [0.05, 0.1) is 0 Å². The summed E-state index contributed by atoms with van der Waals surface area (Å²) in [5.41, 5.74) is 0.772. The third-order valence-electron chi connectivity index (χ3n) is 3.82. The topological polar surface area (TPSA) is 49.4 Å². The van der Waals surface area contributed by atoms with Crippen LogP contribution in [-0.2, 0) is 16.6 Å². The van der Waals surface area contributed by atoms with Gasteiger partial charge in [-0.25, -0.2) is 12.8 Å². The summed E-state index contributed by atoms with van der Waals surface area (Å²) in [5.74, 6) is -0.684. The van der Waals surface area contributed by atoms with Crippen LogP contribution in [0.1, 0.15) is 31.7 Å². The molecule has 1 aromatic carbocycles. The maximum absolute atomic E-state index is 13.9. The summed E-state index contributed by atoms with van der Waals surface area (Å²) in [6, 6.07) is 4.29. The zero-order chi connectivity index (χ0) is 14.8. The molecule has 2 rings (SSSR count). The second kappa shape index (κ2) is 6.20. The second-order valence-electron chi connectivity index (χ2n) is 5.15. The molecule has 0 amide bonds. The molecule has 0 bridgehead atoms. The van der Waals surface area contributed by atoms with Crippen LogP contribution in [0.3, 0.4) is 0 Å². The fraction of sp³-hybridized carbons (Fsp3) is 0.571. The molecule has 1 aliphatic carbocycles. The molecule has 1 N–H and O–H groups in total. The van der Waals surface area contributed by atoms with E-state index >= 15 is 0 Å². The molecule has 0 spiro atoms. The second-order valence-corrected chi connectivity index (χ2v) is 7.12. The third kappa shape index (κ3) is 3.02. The summed E-state index contributed by atoms with van der Waals surface area (Å²) in [6.07, 6.45) is 2.75. The van der Waals surface area contributed by atoms with Gasteiger partial charge in [-0.05, 0) is 37.1 Å². The molecular formula is C14H21FN2O2S. The van der Waals surface area contributed by atoms with E-state index in [0.717, 1.165) is 31.4 Å². The molecule has 6 heteroatoms. The molecule has 0 atom stereocenters. The number of hydrogen-bond donors (Lipinski definition) is 1. The van der Waals surface area contributed by atoms with Gasteiger partial charge in [0.1, 0.15) is 10.7 Å². The van der Waals surface area contributed by atoms with Gasteiger partial charge >= 0.3 is 0 Å². The molecule has 20 heavy (non-hydrogen) atoms. The van der Waals surface area contributed by atoms with E-state index in [0.29, 0.717) is 6.54 Å². The third-order valence-corrected chi connectivity index (χ3v) is 5.75. The van der Waals surface area contributed by atoms with Crippen molar-refractivity contribution in [3.63, 3.8) is 0 Å². The van der Waals surface area contributed by atoms with Crippen molar-refractivity contribution in [1.29, 1.82) is 0 Å². The van der Waals surface area contributed by atoms with Gasteiger partial charge in [0.15, 0.2) is 0 Å². The van der Waals surface area contributed by atoms with Crippen LogP contribution in [0.25, 0.3) is 0 Å². The summed E-state index contributed by atoms with van der Waals surface area (Å²) in [5, 5.41) is 3.11. The smallest absolute Gasteiger partial charge is 0.245 e. The molecule has 4 nitrogen and oxygen atoms in total. The van der Waals surface area contributed by atoms with Gasteiger partial charge in [-0.3, -0.25) is 0 Å². The highest BCUT2D eigenvalue weighted by molar-refractivity contribution is 7.89. The van der Waals surface area contributed by atoms with Crippen LogP contribution in [0, 0.1) is 5.82 Å². The van der Waals surface area contributed by atoms with Crippen LogP contribution in [0.4, 0.5) is 4.39 Å². The van der Waals surface area contributed by atoms with E-state index in [9.17, 15) is 12.8 Å². The number of halogens is 1. The fourth-order valence-corrected chi connectivity index (χ4v) is 3.75. The molecule has 0 radical (unpaired) electrons. The summed E-state index contributed by atoms with van der Waals surface area (Å²) >= 11 is 0. The van der Waals surface area contributed by atoms with E-state index < -0.39 is 15.8 Å². The Morgan fingerprint density at radius 2 is 2.10 bits per heavy atom. The van der Waals surface area contributed by atoms with Gasteiger partial charge in [-0.15, -0.1) is 0 Å². The van der Waals surface area contributed by atoms with E-state index in [1.54, 1.807) is 6.07 Å². The molecule has 1 saturated carbocycles. The molecule has 0 unspecified atom stereocenters. The molecule has 0 aliphatic heterocycles. The lowest BCUT2D eigenvalue weighted by Crippen LogP contribution is -2.41. The SMILES string of the molecule is CCNCc1ccc(F)c(S(=O)(=O)N(C)C2CCC2)c1. The van der Waals surface area contributed by atoms with Crippen LogP contribution in [0.5, 0.6) is 0 Å². The first kappa shape index (κ1) is 15.4. The van der Waals surface area contributed by atoms with Gasteiger partial charge < -0.3 is 5.32 Å². The Labute approximate surface area is 120 Å². The number of nitrogens with one attached hydrogen (secondary N) is 1. The lowest BCUT2D eigenvalue weighted by atomic mass is 9.94. The number of benzene rings is 1. The van der Waals surface area contributed by atoms with Crippen molar-refractivity contribution in [1.82, 2.24) is 9.62 Å². The average molecular weight is 300 g/mol. The molecular weight excluding hydrogens is 279 g/mol. The van der Waals surface area contributed by atoms with Gasteiger partial charge in [0.25, 0.3) is 0 Å². The van der Waals surface area contributed by atoms with E-state index in [-0.39, 0.29) is 10.9 Å².